The smallest absolute Gasteiger partial charge is 0.419 e. The van der Waals surface area contributed by atoms with E-state index in [0.717, 1.165) is 6.07 Å². The topological polar surface area (TPSA) is 59.6 Å². The fraction of sp³-hybridized carbons (Fsp3) is 0.562. The molecule has 0 aromatic heterocycles. The van der Waals surface area contributed by atoms with Crippen LogP contribution in [0, 0.1) is 0 Å². The van der Waals surface area contributed by atoms with Gasteiger partial charge in [0.1, 0.15) is 18.0 Å². The molecule has 1 amide bonds. The van der Waals surface area contributed by atoms with Crippen molar-refractivity contribution in [2.45, 2.75) is 24.6 Å². The molecule has 1 aliphatic rings. The Labute approximate surface area is 138 Å². The number of hydrogen-bond donors (Lipinski definition) is 2. The van der Waals surface area contributed by atoms with E-state index < -0.39 is 17.3 Å². The first-order valence-electron chi connectivity index (χ1n) is 7.72. The Morgan fingerprint density at radius 1 is 1.29 bits per heavy atom. The van der Waals surface area contributed by atoms with Gasteiger partial charge in [0, 0.05) is 7.11 Å². The predicted molar refractivity (Wildman–Crippen MR) is 81.8 cm³/mol. The highest BCUT2D eigenvalue weighted by Gasteiger charge is 2.39. The fourth-order valence-electron chi connectivity index (χ4n) is 2.67. The lowest BCUT2D eigenvalue weighted by Crippen LogP contribution is -2.54. The third-order valence-corrected chi connectivity index (χ3v) is 4.05. The van der Waals surface area contributed by atoms with Crippen LogP contribution in [-0.2, 0) is 15.7 Å². The van der Waals surface area contributed by atoms with E-state index in [1.165, 1.54) is 25.3 Å². The van der Waals surface area contributed by atoms with Gasteiger partial charge in [-0.05, 0) is 38.1 Å². The molecule has 1 fully saturated rings. The van der Waals surface area contributed by atoms with Gasteiger partial charge in [-0.2, -0.15) is 13.2 Å². The lowest BCUT2D eigenvalue weighted by Gasteiger charge is -2.34. The minimum absolute atomic E-state index is 0.0587. The summed E-state index contributed by atoms with van der Waals surface area (Å²) in [4.78, 5) is 12.3. The zero-order valence-electron chi connectivity index (χ0n) is 13.4. The summed E-state index contributed by atoms with van der Waals surface area (Å²) in [6.45, 7) is 1.40. The van der Waals surface area contributed by atoms with E-state index >= 15 is 0 Å². The van der Waals surface area contributed by atoms with Crippen LogP contribution in [0.25, 0.3) is 0 Å². The highest BCUT2D eigenvalue weighted by Crippen LogP contribution is 2.35. The van der Waals surface area contributed by atoms with Crippen molar-refractivity contribution in [1.29, 1.82) is 0 Å². The number of amides is 1. The molecule has 0 bridgehead atoms. The molecule has 2 N–H and O–H groups in total. The van der Waals surface area contributed by atoms with Crippen molar-refractivity contribution in [3.05, 3.63) is 29.8 Å². The molecule has 0 atom stereocenters. The second kappa shape index (κ2) is 7.85. The van der Waals surface area contributed by atoms with E-state index in [4.69, 9.17) is 9.47 Å². The van der Waals surface area contributed by atoms with Crippen molar-refractivity contribution in [3.8, 4) is 5.75 Å². The van der Waals surface area contributed by atoms with Gasteiger partial charge in [-0.1, -0.05) is 12.1 Å². The number of piperidine rings is 1. The van der Waals surface area contributed by atoms with Gasteiger partial charge >= 0.3 is 6.18 Å². The van der Waals surface area contributed by atoms with Crippen molar-refractivity contribution in [3.63, 3.8) is 0 Å². The van der Waals surface area contributed by atoms with Crippen LogP contribution in [-0.4, -0.2) is 44.9 Å². The van der Waals surface area contributed by atoms with Crippen molar-refractivity contribution in [2.75, 3.05) is 33.4 Å². The Balaban J connectivity index is 1.86. The molecular formula is C16H21F3N2O3. The number of halogens is 3. The average Bonchev–Trinajstić information content (AvgIpc) is 2.58. The summed E-state index contributed by atoms with van der Waals surface area (Å²) in [5, 5.41) is 5.82. The van der Waals surface area contributed by atoms with Crippen LogP contribution in [0.5, 0.6) is 5.75 Å². The van der Waals surface area contributed by atoms with Gasteiger partial charge in [0.25, 0.3) is 5.91 Å². The maximum absolute atomic E-state index is 12.9. The van der Waals surface area contributed by atoms with Crippen LogP contribution in [0.15, 0.2) is 24.3 Å². The molecule has 1 aromatic carbocycles. The number of ether oxygens (including phenoxy) is 2. The first-order chi connectivity index (χ1) is 11.4. The zero-order chi connectivity index (χ0) is 17.6. The van der Waals surface area contributed by atoms with Gasteiger partial charge in [0.15, 0.2) is 0 Å². The number of carbonyl (C=O) groups excluding carboxylic acids is 1. The number of nitrogens with one attached hydrogen (secondary N) is 2. The number of methoxy groups -OCH3 is 1. The lowest BCUT2D eigenvalue weighted by molar-refractivity contribution is -0.147. The van der Waals surface area contributed by atoms with E-state index in [2.05, 4.69) is 10.6 Å². The summed E-state index contributed by atoms with van der Waals surface area (Å²) in [6.07, 6.45) is -3.38. The van der Waals surface area contributed by atoms with Gasteiger partial charge < -0.3 is 20.1 Å². The molecule has 5 nitrogen and oxygen atoms in total. The lowest BCUT2D eigenvalue weighted by atomic mass is 9.91. The molecule has 1 saturated heterocycles. The highest BCUT2D eigenvalue weighted by molar-refractivity contribution is 5.85. The maximum atomic E-state index is 12.9. The second-order valence-corrected chi connectivity index (χ2v) is 5.55. The molecule has 24 heavy (non-hydrogen) atoms. The molecule has 1 heterocycles. The standard InChI is InChI=1S/C16H21F3N2O3/c1-23-15(6-8-20-9-7-15)14(22)21-10-11-24-13-5-3-2-4-12(13)16(17,18)19/h2-5,20H,6-11H2,1H3,(H,21,22). The summed E-state index contributed by atoms with van der Waals surface area (Å²) in [7, 11) is 1.49. The first kappa shape index (κ1) is 18.5. The largest absolute Gasteiger partial charge is 0.491 e. The molecule has 2 rings (SSSR count). The summed E-state index contributed by atoms with van der Waals surface area (Å²) in [6, 6.07) is 4.99. The van der Waals surface area contributed by atoms with Crippen molar-refractivity contribution >= 4 is 5.91 Å². The minimum atomic E-state index is -4.48. The maximum Gasteiger partial charge on any atom is 0.419 e. The van der Waals surface area contributed by atoms with Crippen molar-refractivity contribution < 1.29 is 27.4 Å². The number of rotatable bonds is 6. The molecule has 1 aromatic rings. The number of hydrogen-bond acceptors (Lipinski definition) is 4. The molecule has 1 aliphatic heterocycles. The van der Waals surface area contributed by atoms with Crippen LogP contribution in [0.1, 0.15) is 18.4 Å². The van der Waals surface area contributed by atoms with E-state index in [1.807, 2.05) is 0 Å². The molecule has 0 aliphatic carbocycles. The van der Waals surface area contributed by atoms with Crippen LogP contribution in [0.3, 0.4) is 0 Å². The average molecular weight is 346 g/mol. The number of para-hydroxylation sites is 1. The van der Waals surface area contributed by atoms with Gasteiger partial charge in [-0.3, -0.25) is 4.79 Å². The number of carbonyl (C=O) groups is 1. The molecule has 8 heteroatoms. The van der Waals surface area contributed by atoms with Gasteiger partial charge in [0.2, 0.25) is 0 Å². The SMILES string of the molecule is COC1(C(=O)NCCOc2ccccc2C(F)(F)F)CCNCC1. The molecule has 0 radical (unpaired) electrons. The second-order valence-electron chi connectivity index (χ2n) is 5.55. The molecule has 134 valence electrons. The zero-order valence-corrected chi connectivity index (χ0v) is 13.4. The molecular weight excluding hydrogens is 325 g/mol. The third kappa shape index (κ3) is 4.39. The Kier molecular flexibility index (Phi) is 6.06. The minimum Gasteiger partial charge on any atom is -0.491 e. The van der Waals surface area contributed by atoms with Crippen molar-refractivity contribution in [1.82, 2.24) is 10.6 Å². The highest BCUT2D eigenvalue weighted by atomic mass is 19.4. The van der Waals surface area contributed by atoms with Gasteiger partial charge in [0.05, 0.1) is 12.1 Å². The van der Waals surface area contributed by atoms with Gasteiger partial charge in [-0.15, -0.1) is 0 Å². The van der Waals surface area contributed by atoms with E-state index in [-0.39, 0.29) is 24.8 Å². The number of benzene rings is 1. The monoisotopic (exact) mass is 346 g/mol. The molecule has 0 saturated carbocycles. The Bertz CT molecular complexity index is 558. The van der Waals surface area contributed by atoms with Gasteiger partial charge in [-0.25, -0.2) is 0 Å². The van der Waals surface area contributed by atoms with E-state index in [1.54, 1.807) is 0 Å². The van der Waals surface area contributed by atoms with E-state index in [0.29, 0.717) is 25.9 Å². The van der Waals surface area contributed by atoms with Crippen LogP contribution in [0.2, 0.25) is 0 Å². The Morgan fingerprint density at radius 2 is 1.96 bits per heavy atom. The predicted octanol–water partition coefficient (Wildman–Crippen LogP) is 1.97. The third-order valence-electron chi connectivity index (χ3n) is 4.05. The first-order valence-corrected chi connectivity index (χ1v) is 7.72. The summed E-state index contributed by atoms with van der Waals surface area (Å²) in [5.74, 6) is -0.512. The van der Waals surface area contributed by atoms with Crippen LogP contribution in [0.4, 0.5) is 13.2 Å². The summed E-state index contributed by atoms with van der Waals surface area (Å²) < 4.78 is 49.1. The summed E-state index contributed by atoms with van der Waals surface area (Å²) >= 11 is 0. The normalized spacial score (nSPS) is 17.3. The molecule has 0 unspecified atom stereocenters. The van der Waals surface area contributed by atoms with Crippen molar-refractivity contribution in [2.24, 2.45) is 0 Å². The Hall–Kier alpha value is -1.80. The number of alkyl halides is 3. The van der Waals surface area contributed by atoms with Crippen LogP contribution < -0.4 is 15.4 Å². The fourth-order valence-corrected chi connectivity index (χ4v) is 2.67. The van der Waals surface area contributed by atoms with E-state index in [9.17, 15) is 18.0 Å². The summed E-state index contributed by atoms with van der Waals surface area (Å²) in [5.41, 5.74) is -1.71. The molecule has 0 spiro atoms. The quantitative estimate of drug-likeness (QED) is 0.774. The van der Waals surface area contributed by atoms with Crippen LogP contribution >= 0.6 is 0 Å². The Morgan fingerprint density at radius 3 is 2.58 bits per heavy atom.